The van der Waals surface area contributed by atoms with Crippen molar-refractivity contribution in [3.05, 3.63) is 70.9 Å². The zero-order valence-corrected chi connectivity index (χ0v) is 20.5. The lowest BCUT2D eigenvalue weighted by Crippen LogP contribution is -2.54. The monoisotopic (exact) mass is 476 g/mol. The third kappa shape index (κ3) is 5.01. The summed E-state index contributed by atoms with van der Waals surface area (Å²) in [6.07, 6.45) is 8.04. The van der Waals surface area contributed by atoms with E-state index in [-0.39, 0.29) is 30.0 Å². The van der Waals surface area contributed by atoms with Crippen LogP contribution in [0.4, 0.5) is 4.39 Å². The van der Waals surface area contributed by atoms with E-state index in [9.17, 15) is 14.0 Å². The molecule has 1 atom stereocenters. The van der Waals surface area contributed by atoms with Crippen LogP contribution < -0.4 is 0 Å². The lowest BCUT2D eigenvalue weighted by Gasteiger charge is -2.41. The van der Waals surface area contributed by atoms with Crippen LogP contribution in [-0.2, 0) is 17.8 Å². The molecule has 3 heterocycles. The summed E-state index contributed by atoms with van der Waals surface area (Å²) in [5, 5.41) is 0. The maximum Gasteiger partial charge on any atom is 0.226 e. The van der Waals surface area contributed by atoms with Gasteiger partial charge >= 0.3 is 0 Å². The van der Waals surface area contributed by atoms with Crippen molar-refractivity contribution < 1.29 is 14.0 Å². The van der Waals surface area contributed by atoms with E-state index in [0.29, 0.717) is 35.9 Å². The average Bonchev–Trinajstić information content (AvgIpc) is 3.52. The van der Waals surface area contributed by atoms with Gasteiger partial charge in [-0.05, 0) is 67.6 Å². The molecule has 1 aliphatic carbocycles. The molecule has 0 unspecified atom stereocenters. The molecule has 2 aromatic heterocycles. The number of piperazine rings is 1. The van der Waals surface area contributed by atoms with Gasteiger partial charge in [0.05, 0.1) is 0 Å². The normalized spacial score (nSPS) is 19.5. The van der Waals surface area contributed by atoms with Crippen molar-refractivity contribution in [3.63, 3.8) is 0 Å². The fourth-order valence-electron chi connectivity index (χ4n) is 5.63. The lowest BCUT2D eigenvalue weighted by molar-refractivity contribution is -0.140. The zero-order valence-electron chi connectivity index (χ0n) is 20.5. The molecule has 3 aromatic rings. The third-order valence-corrected chi connectivity index (χ3v) is 7.68. The zero-order chi connectivity index (χ0) is 24.5. The van der Waals surface area contributed by atoms with E-state index in [1.165, 1.54) is 6.07 Å². The highest BCUT2D eigenvalue weighted by Crippen LogP contribution is 2.28. The Bertz CT molecular complexity index is 1210. The minimum absolute atomic E-state index is 0.112. The number of hydrogen-bond donors (Lipinski definition) is 0. The van der Waals surface area contributed by atoms with Crippen molar-refractivity contribution in [1.82, 2.24) is 19.2 Å². The molecule has 1 aliphatic heterocycles. The fourth-order valence-corrected chi connectivity index (χ4v) is 5.63. The van der Waals surface area contributed by atoms with Gasteiger partial charge in [0, 0.05) is 57.0 Å². The molecular weight excluding hydrogens is 443 g/mol. The Morgan fingerprint density at radius 2 is 1.89 bits per heavy atom. The number of fused-ring (bicyclic) bond motifs is 1. The SMILES string of the molecule is Cc1c(CC(=O)c2cn3ccccc3n2)cc(F)cc1CN1CCN(C(=O)C2CCCC2)[C@@H](C)C1. The van der Waals surface area contributed by atoms with Crippen molar-refractivity contribution >= 4 is 17.3 Å². The van der Waals surface area contributed by atoms with Crippen molar-refractivity contribution in [3.8, 4) is 0 Å². The van der Waals surface area contributed by atoms with E-state index in [4.69, 9.17) is 0 Å². The molecule has 184 valence electrons. The Balaban J connectivity index is 1.26. The van der Waals surface area contributed by atoms with Gasteiger partial charge in [0.2, 0.25) is 5.91 Å². The van der Waals surface area contributed by atoms with Gasteiger partial charge in [-0.1, -0.05) is 18.9 Å². The molecule has 1 aromatic carbocycles. The molecule has 1 saturated carbocycles. The minimum atomic E-state index is -0.327. The summed E-state index contributed by atoms with van der Waals surface area (Å²) < 4.78 is 16.4. The Hall–Kier alpha value is -3.06. The van der Waals surface area contributed by atoms with Gasteiger partial charge in [-0.25, -0.2) is 9.37 Å². The number of imidazole rings is 1. The number of amides is 1. The second-order valence-corrected chi connectivity index (χ2v) is 10.1. The summed E-state index contributed by atoms with van der Waals surface area (Å²) in [6.45, 7) is 6.93. The second-order valence-electron chi connectivity index (χ2n) is 10.1. The summed E-state index contributed by atoms with van der Waals surface area (Å²) >= 11 is 0. The van der Waals surface area contributed by atoms with Gasteiger partial charge in [-0.2, -0.15) is 0 Å². The first-order valence-corrected chi connectivity index (χ1v) is 12.7. The molecule has 5 rings (SSSR count). The minimum Gasteiger partial charge on any atom is -0.337 e. The van der Waals surface area contributed by atoms with Crippen LogP contribution in [0.5, 0.6) is 0 Å². The van der Waals surface area contributed by atoms with Gasteiger partial charge in [-0.15, -0.1) is 0 Å². The standard InChI is InChI=1S/C28H33FN4O2/c1-19-16-31(11-12-33(19)28(35)21-7-3-4-8-21)17-23-14-24(29)13-22(20(23)2)15-26(34)25-18-32-10-6-5-9-27(32)30-25/h5-6,9-10,13-14,18-19,21H,3-4,7-8,11-12,15-17H2,1-2H3/t19-/m0/s1. The number of rotatable bonds is 6. The molecule has 6 nitrogen and oxygen atoms in total. The van der Waals surface area contributed by atoms with E-state index < -0.39 is 0 Å². The number of carbonyl (C=O) groups excluding carboxylic acids is 2. The van der Waals surface area contributed by atoms with E-state index in [1.807, 2.05) is 40.6 Å². The highest BCUT2D eigenvalue weighted by atomic mass is 19.1. The summed E-state index contributed by atoms with van der Waals surface area (Å²) in [4.78, 5) is 34.6. The Morgan fingerprint density at radius 1 is 1.11 bits per heavy atom. The first-order chi connectivity index (χ1) is 16.9. The van der Waals surface area contributed by atoms with Crippen LogP contribution in [0.1, 0.15) is 59.8 Å². The van der Waals surface area contributed by atoms with Crippen LogP contribution in [0.25, 0.3) is 5.65 Å². The fraction of sp³-hybridized carbons (Fsp3) is 0.464. The van der Waals surface area contributed by atoms with E-state index in [1.54, 1.807) is 12.3 Å². The number of halogens is 1. The summed E-state index contributed by atoms with van der Waals surface area (Å²) in [5.41, 5.74) is 3.64. The predicted molar refractivity (Wildman–Crippen MR) is 133 cm³/mol. The molecule has 2 fully saturated rings. The molecule has 0 spiro atoms. The van der Waals surface area contributed by atoms with Gasteiger partial charge in [0.1, 0.15) is 17.2 Å². The van der Waals surface area contributed by atoms with Crippen LogP contribution in [-0.4, -0.2) is 56.6 Å². The lowest BCUT2D eigenvalue weighted by atomic mass is 9.96. The Morgan fingerprint density at radius 3 is 2.63 bits per heavy atom. The van der Waals surface area contributed by atoms with Crippen molar-refractivity contribution in [2.24, 2.45) is 5.92 Å². The number of aromatic nitrogens is 2. The molecule has 2 aliphatic rings. The van der Waals surface area contributed by atoms with Gasteiger partial charge in [0.15, 0.2) is 5.78 Å². The molecule has 0 N–H and O–H groups in total. The molecule has 1 saturated heterocycles. The van der Waals surface area contributed by atoms with Gasteiger partial charge in [-0.3, -0.25) is 14.5 Å². The predicted octanol–water partition coefficient (Wildman–Crippen LogP) is 4.43. The van der Waals surface area contributed by atoms with Crippen molar-refractivity contribution in [1.29, 1.82) is 0 Å². The topological polar surface area (TPSA) is 57.9 Å². The van der Waals surface area contributed by atoms with Crippen LogP contribution >= 0.6 is 0 Å². The number of hydrogen-bond acceptors (Lipinski definition) is 4. The Labute approximate surface area is 205 Å². The summed E-state index contributed by atoms with van der Waals surface area (Å²) in [7, 11) is 0. The molecule has 0 bridgehead atoms. The first-order valence-electron chi connectivity index (χ1n) is 12.7. The second kappa shape index (κ2) is 9.90. The highest BCUT2D eigenvalue weighted by Gasteiger charge is 2.33. The molecule has 1 amide bonds. The maximum atomic E-state index is 14.6. The number of pyridine rings is 1. The number of benzene rings is 1. The van der Waals surface area contributed by atoms with Crippen LogP contribution in [0.2, 0.25) is 0 Å². The largest absolute Gasteiger partial charge is 0.337 e. The first kappa shape index (κ1) is 23.7. The van der Waals surface area contributed by atoms with E-state index in [0.717, 1.165) is 49.9 Å². The molecule has 7 heteroatoms. The number of nitrogens with zero attached hydrogens (tertiary/aromatic N) is 4. The van der Waals surface area contributed by atoms with E-state index >= 15 is 0 Å². The highest BCUT2D eigenvalue weighted by molar-refractivity contribution is 5.96. The molecular formula is C28H33FN4O2. The van der Waals surface area contributed by atoms with E-state index in [2.05, 4.69) is 16.8 Å². The quantitative estimate of drug-likeness (QED) is 0.494. The average molecular weight is 477 g/mol. The van der Waals surface area contributed by atoms with Crippen LogP contribution in [0.3, 0.4) is 0 Å². The third-order valence-electron chi connectivity index (χ3n) is 7.68. The smallest absolute Gasteiger partial charge is 0.226 e. The molecule has 0 radical (unpaired) electrons. The maximum absolute atomic E-state index is 14.6. The number of Topliss-reactive ketones (excluding diaryl/α,β-unsaturated/α-hetero) is 1. The summed E-state index contributed by atoms with van der Waals surface area (Å²) in [5.74, 6) is 0.0549. The Kier molecular flexibility index (Phi) is 6.69. The number of ketones is 1. The van der Waals surface area contributed by atoms with Crippen LogP contribution in [0, 0.1) is 18.7 Å². The van der Waals surface area contributed by atoms with Gasteiger partial charge < -0.3 is 9.30 Å². The molecule has 35 heavy (non-hydrogen) atoms. The summed E-state index contributed by atoms with van der Waals surface area (Å²) in [6, 6.07) is 8.80. The van der Waals surface area contributed by atoms with Gasteiger partial charge in [0.25, 0.3) is 0 Å². The van der Waals surface area contributed by atoms with Crippen molar-refractivity contribution in [2.75, 3.05) is 19.6 Å². The van der Waals surface area contributed by atoms with Crippen molar-refractivity contribution in [2.45, 2.75) is 58.5 Å². The number of carbonyl (C=O) groups is 2. The van der Waals surface area contributed by atoms with Crippen LogP contribution in [0.15, 0.2) is 42.7 Å².